The molecule has 0 saturated heterocycles. The van der Waals surface area contributed by atoms with Crippen LogP contribution in [0, 0.1) is 0 Å². The zero-order valence-corrected chi connectivity index (χ0v) is 10.9. The van der Waals surface area contributed by atoms with Gasteiger partial charge < -0.3 is 0 Å². The van der Waals surface area contributed by atoms with Crippen molar-refractivity contribution < 1.29 is 0 Å². The summed E-state index contributed by atoms with van der Waals surface area (Å²) in [4.78, 5) is 7.05. The fourth-order valence-electron chi connectivity index (χ4n) is 1.37. The van der Waals surface area contributed by atoms with Gasteiger partial charge >= 0.3 is 0 Å². The van der Waals surface area contributed by atoms with Gasteiger partial charge in [0.25, 0.3) is 0 Å². The van der Waals surface area contributed by atoms with Gasteiger partial charge in [-0.3, -0.25) is 4.40 Å². The zero-order valence-electron chi connectivity index (χ0n) is 8.54. The minimum absolute atomic E-state index is 0.582. The van der Waals surface area contributed by atoms with Crippen LogP contribution in [0.1, 0.15) is 37.3 Å². The molecular formula is C10H13BrN2S. The molecule has 4 heteroatoms. The average Bonchev–Trinajstić information content (AvgIpc) is 2.66. The van der Waals surface area contributed by atoms with Gasteiger partial charge in [-0.15, -0.1) is 11.3 Å². The number of nitrogens with zero attached hydrogens (tertiary/aromatic N) is 2. The Balaban J connectivity index is 2.59. The highest BCUT2D eigenvalue weighted by Gasteiger charge is 2.12. The summed E-state index contributed by atoms with van der Waals surface area (Å²) in [5.41, 5.74) is 1.14. The number of aryl methyl sites for hydroxylation is 1. The third-order valence-electron chi connectivity index (χ3n) is 2.26. The van der Waals surface area contributed by atoms with Crippen LogP contribution in [0.25, 0.3) is 4.96 Å². The lowest BCUT2D eigenvalue weighted by molar-refractivity contribution is 0.880. The maximum atomic E-state index is 4.57. The van der Waals surface area contributed by atoms with Crippen molar-refractivity contribution in [2.45, 2.75) is 33.1 Å². The Morgan fingerprint density at radius 3 is 2.79 bits per heavy atom. The van der Waals surface area contributed by atoms with E-state index >= 15 is 0 Å². The summed E-state index contributed by atoms with van der Waals surface area (Å²) in [5.74, 6) is 0.582. The summed E-state index contributed by atoms with van der Waals surface area (Å²) < 4.78 is 3.25. The summed E-state index contributed by atoms with van der Waals surface area (Å²) in [5, 5.41) is 0. The molecule has 0 saturated carbocycles. The van der Waals surface area contributed by atoms with E-state index < -0.39 is 0 Å². The molecule has 0 aliphatic heterocycles. The first-order valence-electron chi connectivity index (χ1n) is 4.79. The molecule has 0 radical (unpaired) electrons. The molecule has 0 unspecified atom stereocenters. The molecule has 2 aromatic rings. The van der Waals surface area contributed by atoms with Crippen LogP contribution in [-0.4, -0.2) is 9.38 Å². The molecule has 0 aromatic carbocycles. The number of hydrogen-bond acceptors (Lipinski definition) is 2. The van der Waals surface area contributed by atoms with E-state index in [0.717, 1.165) is 21.7 Å². The van der Waals surface area contributed by atoms with Gasteiger partial charge in [0.05, 0.1) is 5.69 Å². The highest BCUT2D eigenvalue weighted by molar-refractivity contribution is 9.10. The van der Waals surface area contributed by atoms with Gasteiger partial charge in [0.15, 0.2) is 4.96 Å². The molecule has 0 spiro atoms. The third-order valence-corrected chi connectivity index (χ3v) is 4.38. The standard InChI is InChI=1S/C10H13BrN2S/c1-4-7-9(11)13-5-8(6(2)3)14-10(13)12-7/h5-6H,4H2,1-3H3. The molecule has 14 heavy (non-hydrogen) atoms. The van der Waals surface area contributed by atoms with Gasteiger partial charge in [-0.05, 0) is 28.3 Å². The first-order chi connectivity index (χ1) is 6.63. The molecule has 2 nitrogen and oxygen atoms in total. The average molecular weight is 273 g/mol. The quantitative estimate of drug-likeness (QED) is 0.812. The van der Waals surface area contributed by atoms with E-state index in [9.17, 15) is 0 Å². The van der Waals surface area contributed by atoms with Crippen molar-refractivity contribution in [2.24, 2.45) is 0 Å². The van der Waals surface area contributed by atoms with Gasteiger partial charge in [-0.2, -0.15) is 0 Å². The summed E-state index contributed by atoms with van der Waals surface area (Å²) in [7, 11) is 0. The van der Waals surface area contributed by atoms with Crippen LogP contribution in [-0.2, 0) is 6.42 Å². The summed E-state index contributed by atoms with van der Waals surface area (Å²) in [6.45, 7) is 6.54. The topological polar surface area (TPSA) is 17.3 Å². The number of halogens is 1. The zero-order chi connectivity index (χ0) is 10.3. The smallest absolute Gasteiger partial charge is 0.195 e. The van der Waals surface area contributed by atoms with E-state index in [1.54, 1.807) is 11.3 Å². The van der Waals surface area contributed by atoms with Crippen molar-refractivity contribution in [1.29, 1.82) is 0 Å². The van der Waals surface area contributed by atoms with Crippen molar-refractivity contribution in [3.8, 4) is 0 Å². The maximum absolute atomic E-state index is 4.57. The molecule has 0 N–H and O–H groups in total. The predicted molar refractivity (Wildman–Crippen MR) is 64.2 cm³/mol. The maximum Gasteiger partial charge on any atom is 0.195 e. The summed E-state index contributed by atoms with van der Waals surface area (Å²) in [6.07, 6.45) is 3.16. The van der Waals surface area contributed by atoms with Crippen LogP contribution >= 0.6 is 27.3 Å². The van der Waals surface area contributed by atoms with Crippen LogP contribution in [0.4, 0.5) is 0 Å². The molecule has 2 heterocycles. The Morgan fingerprint density at radius 1 is 1.57 bits per heavy atom. The van der Waals surface area contributed by atoms with Gasteiger partial charge in [-0.1, -0.05) is 20.8 Å². The van der Waals surface area contributed by atoms with Gasteiger partial charge in [0, 0.05) is 11.1 Å². The molecule has 76 valence electrons. The van der Waals surface area contributed by atoms with E-state index in [1.165, 1.54) is 4.88 Å². The fraction of sp³-hybridized carbons (Fsp3) is 0.500. The second kappa shape index (κ2) is 3.66. The monoisotopic (exact) mass is 272 g/mol. The number of rotatable bonds is 2. The molecule has 0 aliphatic carbocycles. The van der Waals surface area contributed by atoms with Crippen molar-refractivity contribution in [1.82, 2.24) is 9.38 Å². The first kappa shape index (κ1) is 10.2. The second-order valence-corrected chi connectivity index (χ2v) is 5.44. The highest BCUT2D eigenvalue weighted by Crippen LogP contribution is 2.29. The second-order valence-electron chi connectivity index (χ2n) is 3.64. The Bertz CT molecular complexity index is 456. The largest absolute Gasteiger partial charge is 0.284 e. The molecule has 0 amide bonds. The fourth-order valence-corrected chi connectivity index (χ4v) is 3.13. The number of fused-ring (bicyclic) bond motifs is 1. The lowest BCUT2D eigenvalue weighted by Gasteiger charge is -1.96. The molecule has 2 rings (SSSR count). The molecule has 0 fully saturated rings. The van der Waals surface area contributed by atoms with Crippen LogP contribution in [0.15, 0.2) is 10.8 Å². The first-order valence-corrected chi connectivity index (χ1v) is 6.40. The Labute approximate surface area is 96.1 Å². The van der Waals surface area contributed by atoms with E-state index in [2.05, 4.69) is 52.3 Å². The molecular weight excluding hydrogens is 260 g/mol. The van der Waals surface area contributed by atoms with E-state index in [4.69, 9.17) is 0 Å². The van der Waals surface area contributed by atoms with Crippen molar-refractivity contribution >= 4 is 32.2 Å². The number of thiazole rings is 1. The van der Waals surface area contributed by atoms with Gasteiger partial charge in [0.2, 0.25) is 0 Å². The lowest BCUT2D eigenvalue weighted by Crippen LogP contribution is -1.84. The minimum atomic E-state index is 0.582. The van der Waals surface area contributed by atoms with Gasteiger partial charge in [0.1, 0.15) is 4.60 Å². The molecule has 2 aromatic heterocycles. The van der Waals surface area contributed by atoms with E-state index in [0.29, 0.717) is 5.92 Å². The number of aromatic nitrogens is 2. The van der Waals surface area contributed by atoms with Crippen molar-refractivity contribution in [2.75, 3.05) is 0 Å². The summed E-state index contributed by atoms with van der Waals surface area (Å²) in [6, 6.07) is 0. The van der Waals surface area contributed by atoms with Crippen LogP contribution in [0.5, 0.6) is 0 Å². The van der Waals surface area contributed by atoms with E-state index in [1.807, 2.05) is 0 Å². The van der Waals surface area contributed by atoms with Crippen molar-refractivity contribution in [3.63, 3.8) is 0 Å². The lowest BCUT2D eigenvalue weighted by atomic mass is 10.2. The van der Waals surface area contributed by atoms with Crippen LogP contribution in [0.2, 0.25) is 0 Å². The van der Waals surface area contributed by atoms with Gasteiger partial charge in [-0.25, -0.2) is 4.98 Å². The predicted octanol–water partition coefficient (Wildman–Crippen LogP) is 3.84. The van der Waals surface area contributed by atoms with Crippen molar-refractivity contribution in [3.05, 3.63) is 21.4 Å². The van der Waals surface area contributed by atoms with Crippen LogP contribution in [0.3, 0.4) is 0 Å². The molecule has 0 atom stereocenters. The Kier molecular flexibility index (Phi) is 2.66. The third kappa shape index (κ3) is 1.50. The Morgan fingerprint density at radius 2 is 2.29 bits per heavy atom. The molecule has 0 aliphatic rings. The minimum Gasteiger partial charge on any atom is -0.284 e. The SMILES string of the molecule is CCc1nc2sc(C(C)C)cn2c1Br. The molecule has 0 bridgehead atoms. The van der Waals surface area contributed by atoms with E-state index in [-0.39, 0.29) is 0 Å². The van der Waals surface area contributed by atoms with Crippen LogP contribution < -0.4 is 0 Å². The number of imidazole rings is 1. The highest BCUT2D eigenvalue weighted by atomic mass is 79.9. The number of hydrogen-bond donors (Lipinski definition) is 0. The Hall–Kier alpha value is -0.350. The normalized spacial score (nSPS) is 11.8. The summed E-state index contributed by atoms with van der Waals surface area (Å²) >= 11 is 5.36.